The van der Waals surface area contributed by atoms with Gasteiger partial charge in [-0.3, -0.25) is 4.79 Å². The molecule has 2 aromatic rings. The van der Waals surface area contributed by atoms with Crippen LogP contribution in [0.5, 0.6) is 0 Å². The van der Waals surface area contributed by atoms with E-state index in [0.29, 0.717) is 15.6 Å². The number of benzene rings is 1. The first-order chi connectivity index (χ1) is 12.0. The molecule has 1 aliphatic carbocycles. The van der Waals surface area contributed by atoms with Gasteiger partial charge in [0, 0.05) is 10.8 Å². The second-order valence-electron chi connectivity index (χ2n) is 5.63. The van der Waals surface area contributed by atoms with Crippen molar-refractivity contribution >= 4 is 46.4 Å². The van der Waals surface area contributed by atoms with Crippen molar-refractivity contribution < 1.29 is 4.79 Å². The van der Waals surface area contributed by atoms with Crippen LogP contribution in [0.25, 0.3) is 0 Å². The zero-order valence-corrected chi connectivity index (χ0v) is 16.1. The number of thiazole rings is 1. The van der Waals surface area contributed by atoms with Crippen LogP contribution in [0.3, 0.4) is 0 Å². The van der Waals surface area contributed by atoms with Gasteiger partial charge in [0.15, 0.2) is 4.34 Å². The number of allylic oxidation sites excluding steroid dienone is 3. The Kier molecular flexibility index (Phi) is 5.83. The first-order valence-corrected chi connectivity index (χ1v) is 10.0. The lowest BCUT2D eigenvalue weighted by atomic mass is 10.0. The third kappa shape index (κ3) is 4.45. The first-order valence-electron chi connectivity index (χ1n) is 7.84. The number of hydrogen-bond acceptors (Lipinski definition) is 5. The maximum absolute atomic E-state index is 12.6. The largest absolute Gasteiger partial charge is 0.382 e. The van der Waals surface area contributed by atoms with E-state index in [4.69, 9.17) is 17.3 Å². The molecule has 3 rings (SSSR count). The van der Waals surface area contributed by atoms with Gasteiger partial charge in [-0.1, -0.05) is 59.8 Å². The van der Waals surface area contributed by atoms with Crippen LogP contribution in [0.1, 0.15) is 35.0 Å². The van der Waals surface area contributed by atoms with Crippen molar-refractivity contribution in [2.75, 3.05) is 5.73 Å². The Balaban J connectivity index is 1.69. The summed E-state index contributed by atoms with van der Waals surface area (Å²) in [6.45, 7) is 1.94. The Morgan fingerprint density at radius 1 is 1.40 bits per heavy atom. The van der Waals surface area contributed by atoms with Crippen LogP contribution in [-0.2, 0) is 5.75 Å². The van der Waals surface area contributed by atoms with E-state index in [-0.39, 0.29) is 11.7 Å². The van der Waals surface area contributed by atoms with Crippen LogP contribution in [-0.4, -0.2) is 10.9 Å². The fraction of sp³-hybridized carbons (Fsp3) is 0.222. The highest BCUT2D eigenvalue weighted by Crippen LogP contribution is 2.32. The molecule has 7 heteroatoms. The van der Waals surface area contributed by atoms with Gasteiger partial charge in [0.05, 0.1) is 5.70 Å². The maximum atomic E-state index is 12.6. The summed E-state index contributed by atoms with van der Waals surface area (Å²) in [5.74, 6) is 0.782. The number of hydrogen-bond donors (Lipinski definition) is 2. The quantitative estimate of drug-likeness (QED) is 0.708. The number of nitrogens with two attached hydrogens (primary N) is 1. The van der Waals surface area contributed by atoms with Gasteiger partial charge in [-0.25, -0.2) is 4.98 Å². The van der Waals surface area contributed by atoms with Crippen molar-refractivity contribution in [3.05, 3.63) is 63.2 Å². The van der Waals surface area contributed by atoms with Gasteiger partial charge in [-0.05, 0) is 30.9 Å². The standard InChI is InChI=1S/C18H18ClN3OS2/c1-11-6-5-9-13(19)14(11)21-17(23)15-16(20)22-18(25-15)24-10-12-7-3-2-4-8-12/h2-4,6-8H,5,9-10,20H2,1H3,(H,21,23). The van der Waals surface area contributed by atoms with Crippen molar-refractivity contribution in [1.29, 1.82) is 0 Å². The number of anilines is 1. The lowest BCUT2D eigenvalue weighted by Crippen LogP contribution is -2.25. The van der Waals surface area contributed by atoms with Gasteiger partial charge in [0.1, 0.15) is 10.7 Å². The summed E-state index contributed by atoms with van der Waals surface area (Å²) in [5, 5.41) is 3.56. The van der Waals surface area contributed by atoms with Crippen LogP contribution in [0.4, 0.5) is 5.82 Å². The fourth-order valence-electron chi connectivity index (χ4n) is 2.45. The van der Waals surface area contributed by atoms with Crippen molar-refractivity contribution in [2.24, 2.45) is 0 Å². The van der Waals surface area contributed by atoms with Crippen LogP contribution in [0.15, 0.2) is 57.0 Å². The van der Waals surface area contributed by atoms with E-state index in [1.54, 1.807) is 11.8 Å². The summed E-state index contributed by atoms with van der Waals surface area (Å²) in [6.07, 6.45) is 3.70. The second-order valence-corrected chi connectivity index (χ2v) is 8.31. The molecular weight excluding hydrogens is 374 g/mol. The van der Waals surface area contributed by atoms with Crippen LogP contribution >= 0.6 is 34.7 Å². The van der Waals surface area contributed by atoms with Crippen molar-refractivity contribution in [3.63, 3.8) is 0 Å². The number of carbonyl (C=O) groups is 1. The Morgan fingerprint density at radius 3 is 2.88 bits per heavy atom. The molecular formula is C18H18ClN3OS2. The third-order valence-electron chi connectivity index (χ3n) is 3.76. The molecule has 4 nitrogen and oxygen atoms in total. The normalized spacial score (nSPS) is 14.4. The summed E-state index contributed by atoms with van der Waals surface area (Å²) in [5.41, 5.74) is 8.81. The summed E-state index contributed by atoms with van der Waals surface area (Å²) in [6, 6.07) is 10.1. The predicted molar refractivity (Wildman–Crippen MR) is 106 cm³/mol. The van der Waals surface area contributed by atoms with E-state index >= 15 is 0 Å². The number of nitrogen functional groups attached to an aromatic ring is 1. The minimum Gasteiger partial charge on any atom is -0.382 e. The van der Waals surface area contributed by atoms with Crippen molar-refractivity contribution in [1.82, 2.24) is 10.3 Å². The Labute approximate surface area is 160 Å². The Bertz CT molecular complexity index is 843. The molecule has 0 saturated carbocycles. The molecule has 1 aliphatic rings. The smallest absolute Gasteiger partial charge is 0.269 e. The number of rotatable bonds is 5. The minimum atomic E-state index is -0.260. The molecule has 0 aliphatic heterocycles. The zero-order valence-electron chi connectivity index (χ0n) is 13.7. The molecule has 25 heavy (non-hydrogen) atoms. The topological polar surface area (TPSA) is 68.0 Å². The average Bonchev–Trinajstić information content (AvgIpc) is 2.98. The number of nitrogens with one attached hydrogen (secondary N) is 1. The fourth-order valence-corrected chi connectivity index (χ4v) is 4.67. The van der Waals surface area contributed by atoms with Gasteiger partial charge in [0.25, 0.3) is 5.91 Å². The zero-order chi connectivity index (χ0) is 17.8. The van der Waals surface area contributed by atoms with E-state index < -0.39 is 0 Å². The highest BCUT2D eigenvalue weighted by atomic mass is 35.5. The highest BCUT2D eigenvalue weighted by Gasteiger charge is 2.20. The Hall–Kier alpha value is -1.76. The van der Waals surface area contributed by atoms with Crippen LogP contribution in [0, 0.1) is 0 Å². The van der Waals surface area contributed by atoms with Crippen LogP contribution in [0.2, 0.25) is 0 Å². The van der Waals surface area contributed by atoms with E-state index in [2.05, 4.69) is 28.5 Å². The molecule has 3 N–H and O–H groups in total. The molecule has 0 unspecified atom stereocenters. The van der Waals surface area contributed by atoms with Gasteiger partial charge in [-0.15, -0.1) is 11.3 Å². The number of carbonyl (C=O) groups excluding carboxylic acids is 1. The number of amides is 1. The molecule has 1 aromatic carbocycles. The van der Waals surface area contributed by atoms with Crippen LogP contribution < -0.4 is 11.1 Å². The SMILES string of the molecule is CC1=CCCC(Cl)=C1NC(=O)c1sc(SCc2ccccc2)nc1N. The minimum absolute atomic E-state index is 0.257. The molecule has 0 saturated heterocycles. The molecule has 0 spiro atoms. The molecule has 1 amide bonds. The summed E-state index contributed by atoms with van der Waals surface area (Å²) in [4.78, 5) is 17.3. The van der Waals surface area contributed by atoms with E-state index in [1.807, 2.05) is 25.1 Å². The van der Waals surface area contributed by atoms with E-state index in [1.165, 1.54) is 16.9 Å². The molecule has 0 bridgehead atoms. The summed E-state index contributed by atoms with van der Waals surface area (Å²) < 4.78 is 0.780. The first kappa shape index (κ1) is 18.0. The molecule has 0 radical (unpaired) electrons. The third-order valence-corrected chi connectivity index (χ3v) is 6.43. The van der Waals surface area contributed by atoms with Crippen molar-refractivity contribution in [3.8, 4) is 0 Å². The summed E-state index contributed by atoms with van der Waals surface area (Å²) >= 11 is 9.13. The number of halogens is 1. The van der Waals surface area contributed by atoms with Gasteiger partial charge in [-0.2, -0.15) is 0 Å². The molecule has 0 fully saturated rings. The number of thioether (sulfide) groups is 1. The average molecular weight is 392 g/mol. The van der Waals surface area contributed by atoms with Gasteiger partial charge < -0.3 is 11.1 Å². The lowest BCUT2D eigenvalue weighted by molar-refractivity contribution is 0.0971. The molecule has 130 valence electrons. The maximum Gasteiger partial charge on any atom is 0.269 e. The lowest BCUT2D eigenvalue weighted by Gasteiger charge is -2.16. The van der Waals surface area contributed by atoms with Crippen molar-refractivity contribution in [2.45, 2.75) is 29.9 Å². The highest BCUT2D eigenvalue weighted by molar-refractivity contribution is 8.00. The van der Waals surface area contributed by atoms with Gasteiger partial charge in [0.2, 0.25) is 0 Å². The Morgan fingerprint density at radius 2 is 2.16 bits per heavy atom. The predicted octanol–water partition coefficient (Wildman–Crippen LogP) is 4.94. The molecule has 1 aromatic heterocycles. The molecule has 1 heterocycles. The summed E-state index contributed by atoms with van der Waals surface area (Å²) in [7, 11) is 0. The van der Waals surface area contributed by atoms with E-state index in [9.17, 15) is 4.79 Å². The van der Waals surface area contributed by atoms with E-state index in [0.717, 1.165) is 28.5 Å². The number of aromatic nitrogens is 1. The molecule has 0 atom stereocenters. The van der Waals surface area contributed by atoms with Gasteiger partial charge >= 0.3 is 0 Å². The second kappa shape index (κ2) is 8.08. The monoisotopic (exact) mass is 391 g/mol. The number of nitrogens with zero attached hydrogens (tertiary/aromatic N) is 1.